The topological polar surface area (TPSA) is 77.1 Å². The van der Waals surface area contributed by atoms with Crippen molar-refractivity contribution in [1.29, 1.82) is 0 Å². The average molecular weight is 407 g/mol. The number of sulfonamides is 1. The molecule has 1 saturated heterocycles. The predicted octanol–water partition coefficient (Wildman–Crippen LogP) is 3.12. The molecule has 0 unspecified atom stereocenters. The van der Waals surface area contributed by atoms with Crippen molar-refractivity contribution in [1.82, 2.24) is 0 Å². The Morgan fingerprint density at radius 1 is 1.00 bits per heavy atom. The van der Waals surface area contributed by atoms with E-state index >= 15 is 0 Å². The van der Waals surface area contributed by atoms with Crippen LogP contribution in [0.4, 0.5) is 11.4 Å². The lowest BCUT2D eigenvalue weighted by molar-refractivity contribution is 0.122. The second-order valence-corrected chi connectivity index (χ2v) is 7.91. The molecule has 0 aromatic heterocycles. The molecule has 1 N–H and O–H groups in total. The van der Waals surface area contributed by atoms with Gasteiger partial charge in [-0.3, -0.25) is 4.72 Å². The molecule has 1 aliphatic heterocycles. The summed E-state index contributed by atoms with van der Waals surface area (Å²) >= 11 is 0. The van der Waals surface area contributed by atoms with Gasteiger partial charge in [-0.05, 0) is 44.2 Å². The quantitative estimate of drug-likeness (QED) is 0.726. The van der Waals surface area contributed by atoms with E-state index in [1.807, 2.05) is 32.0 Å². The van der Waals surface area contributed by atoms with Crippen molar-refractivity contribution in [3.63, 3.8) is 0 Å². The summed E-state index contributed by atoms with van der Waals surface area (Å²) in [7, 11) is -3.76. The van der Waals surface area contributed by atoms with E-state index in [0.29, 0.717) is 43.6 Å². The summed E-state index contributed by atoms with van der Waals surface area (Å²) in [6.45, 7) is 7.50. The van der Waals surface area contributed by atoms with Crippen molar-refractivity contribution in [2.75, 3.05) is 49.1 Å². The molecule has 0 saturated carbocycles. The Morgan fingerprint density at radius 2 is 1.71 bits per heavy atom. The lowest BCUT2D eigenvalue weighted by atomic mass is 10.2. The molecule has 0 atom stereocenters. The highest BCUT2D eigenvalue weighted by Gasteiger charge is 2.19. The number of benzene rings is 2. The number of nitrogens with one attached hydrogen (secondary N) is 1. The van der Waals surface area contributed by atoms with Gasteiger partial charge in [0, 0.05) is 24.8 Å². The van der Waals surface area contributed by atoms with E-state index in [1.165, 1.54) is 12.1 Å². The Labute approximate surface area is 166 Å². The van der Waals surface area contributed by atoms with Crippen LogP contribution in [0, 0.1) is 0 Å². The minimum Gasteiger partial charge on any atom is -0.490 e. The first-order valence-electron chi connectivity index (χ1n) is 9.38. The van der Waals surface area contributed by atoms with E-state index in [1.54, 1.807) is 12.1 Å². The fourth-order valence-electron chi connectivity index (χ4n) is 3.00. The van der Waals surface area contributed by atoms with E-state index in [0.717, 1.165) is 18.8 Å². The minimum absolute atomic E-state index is 0.121. The van der Waals surface area contributed by atoms with Crippen LogP contribution in [0.3, 0.4) is 0 Å². The van der Waals surface area contributed by atoms with Crippen LogP contribution < -0.4 is 19.1 Å². The van der Waals surface area contributed by atoms with Gasteiger partial charge in [0.2, 0.25) is 0 Å². The molecule has 7 nitrogen and oxygen atoms in total. The van der Waals surface area contributed by atoms with Crippen LogP contribution in [0.25, 0.3) is 0 Å². The average Bonchev–Trinajstić information content (AvgIpc) is 2.70. The Kier molecular flexibility index (Phi) is 6.64. The highest BCUT2D eigenvalue weighted by molar-refractivity contribution is 7.92. The van der Waals surface area contributed by atoms with Gasteiger partial charge in [-0.15, -0.1) is 0 Å². The van der Waals surface area contributed by atoms with Crippen LogP contribution in [-0.2, 0) is 14.8 Å². The summed E-state index contributed by atoms with van der Waals surface area (Å²) in [5.41, 5.74) is 1.47. The van der Waals surface area contributed by atoms with Crippen molar-refractivity contribution in [2.45, 2.75) is 18.7 Å². The standard InChI is InChI=1S/C20H26N2O5S/c1-3-26-19-9-8-18(15-20(19)27-4-2)28(23,24)21-16-6-5-7-17(14-16)22-10-12-25-13-11-22/h5-9,14-15,21H,3-4,10-13H2,1-2H3. The van der Waals surface area contributed by atoms with Crippen LogP contribution >= 0.6 is 0 Å². The third-order valence-electron chi connectivity index (χ3n) is 4.30. The van der Waals surface area contributed by atoms with Gasteiger partial charge in [-0.2, -0.15) is 0 Å². The van der Waals surface area contributed by atoms with E-state index in [4.69, 9.17) is 14.2 Å². The Hall–Kier alpha value is -2.45. The van der Waals surface area contributed by atoms with E-state index in [-0.39, 0.29) is 4.90 Å². The second-order valence-electron chi connectivity index (χ2n) is 6.23. The molecule has 1 heterocycles. The van der Waals surface area contributed by atoms with Crippen molar-refractivity contribution >= 4 is 21.4 Å². The Bertz CT molecular complexity index is 895. The van der Waals surface area contributed by atoms with Crippen LogP contribution in [0.2, 0.25) is 0 Å². The minimum atomic E-state index is -3.76. The molecule has 3 rings (SSSR count). The molecule has 152 valence electrons. The smallest absolute Gasteiger partial charge is 0.262 e. The molecule has 2 aromatic rings. The molecule has 0 spiro atoms. The summed E-state index contributed by atoms with van der Waals surface area (Å²) in [5.74, 6) is 0.937. The van der Waals surface area contributed by atoms with E-state index < -0.39 is 10.0 Å². The maximum atomic E-state index is 12.9. The first-order chi connectivity index (χ1) is 13.5. The number of anilines is 2. The Balaban J connectivity index is 1.82. The Morgan fingerprint density at radius 3 is 2.43 bits per heavy atom. The van der Waals surface area contributed by atoms with Crippen molar-refractivity contribution in [2.24, 2.45) is 0 Å². The van der Waals surface area contributed by atoms with E-state index in [9.17, 15) is 8.42 Å². The van der Waals surface area contributed by atoms with Crippen molar-refractivity contribution in [3.05, 3.63) is 42.5 Å². The first-order valence-corrected chi connectivity index (χ1v) is 10.9. The van der Waals surface area contributed by atoms with Gasteiger partial charge in [-0.25, -0.2) is 8.42 Å². The molecule has 1 fully saturated rings. The first kappa shape index (κ1) is 20.3. The largest absolute Gasteiger partial charge is 0.490 e. The fraction of sp³-hybridized carbons (Fsp3) is 0.400. The van der Waals surface area contributed by atoms with Gasteiger partial charge in [-0.1, -0.05) is 6.07 Å². The summed E-state index contributed by atoms with van der Waals surface area (Å²) < 4.78 is 44.8. The third kappa shape index (κ3) is 4.88. The molecule has 2 aromatic carbocycles. The number of hydrogen-bond donors (Lipinski definition) is 1. The van der Waals surface area contributed by atoms with Gasteiger partial charge in [0.05, 0.1) is 37.0 Å². The maximum Gasteiger partial charge on any atom is 0.262 e. The molecule has 0 radical (unpaired) electrons. The predicted molar refractivity (Wildman–Crippen MR) is 109 cm³/mol. The van der Waals surface area contributed by atoms with Crippen LogP contribution in [0.1, 0.15) is 13.8 Å². The zero-order chi connectivity index (χ0) is 20.0. The van der Waals surface area contributed by atoms with Crippen LogP contribution in [-0.4, -0.2) is 47.9 Å². The molecule has 28 heavy (non-hydrogen) atoms. The molecule has 1 aliphatic rings. The molecular weight excluding hydrogens is 380 g/mol. The SMILES string of the molecule is CCOc1ccc(S(=O)(=O)Nc2cccc(N3CCOCC3)c2)cc1OCC. The van der Waals surface area contributed by atoms with Crippen molar-refractivity contribution < 1.29 is 22.6 Å². The fourth-order valence-corrected chi connectivity index (χ4v) is 4.06. The summed E-state index contributed by atoms with van der Waals surface area (Å²) in [4.78, 5) is 2.29. The van der Waals surface area contributed by atoms with E-state index in [2.05, 4.69) is 9.62 Å². The molecule has 8 heteroatoms. The zero-order valence-corrected chi connectivity index (χ0v) is 17.0. The highest BCUT2D eigenvalue weighted by atomic mass is 32.2. The molecule has 0 amide bonds. The number of morpholine rings is 1. The number of rotatable bonds is 8. The maximum absolute atomic E-state index is 12.9. The van der Waals surface area contributed by atoms with Crippen molar-refractivity contribution in [3.8, 4) is 11.5 Å². The lowest BCUT2D eigenvalue weighted by Crippen LogP contribution is -2.36. The van der Waals surface area contributed by atoms with Crippen LogP contribution in [0.15, 0.2) is 47.4 Å². The summed E-state index contributed by atoms with van der Waals surface area (Å²) in [6, 6.07) is 12.0. The molecule has 0 bridgehead atoms. The van der Waals surface area contributed by atoms with Gasteiger partial charge < -0.3 is 19.1 Å². The number of ether oxygens (including phenoxy) is 3. The molecular formula is C20H26N2O5S. The van der Waals surface area contributed by atoms with Gasteiger partial charge in [0.15, 0.2) is 11.5 Å². The second kappa shape index (κ2) is 9.16. The number of hydrogen-bond acceptors (Lipinski definition) is 6. The highest BCUT2D eigenvalue weighted by Crippen LogP contribution is 2.31. The third-order valence-corrected chi connectivity index (χ3v) is 5.68. The summed E-state index contributed by atoms with van der Waals surface area (Å²) in [5, 5.41) is 0. The van der Waals surface area contributed by atoms with Gasteiger partial charge in [0.1, 0.15) is 0 Å². The number of nitrogens with zero attached hydrogens (tertiary/aromatic N) is 1. The zero-order valence-electron chi connectivity index (χ0n) is 16.2. The van der Waals surface area contributed by atoms with Crippen LogP contribution in [0.5, 0.6) is 11.5 Å². The monoisotopic (exact) mass is 406 g/mol. The summed E-state index contributed by atoms with van der Waals surface area (Å²) in [6.07, 6.45) is 0. The lowest BCUT2D eigenvalue weighted by Gasteiger charge is -2.29. The van der Waals surface area contributed by atoms with Gasteiger partial charge in [0.25, 0.3) is 10.0 Å². The normalized spacial score (nSPS) is 14.6. The van der Waals surface area contributed by atoms with Gasteiger partial charge >= 0.3 is 0 Å². The molecule has 0 aliphatic carbocycles.